The second kappa shape index (κ2) is 9.63. The minimum absolute atomic E-state index is 0.103. The zero-order chi connectivity index (χ0) is 23.7. The molecule has 2 aromatic rings. The summed E-state index contributed by atoms with van der Waals surface area (Å²) in [5, 5.41) is 3.47. The SMILES string of the molecule is NC(=O)c1c(NC(=O)CN2CCN(C(=O)[C@H]3COc4ccccc4O3)CC2)sc2c1CCCC2. The summed E-state index contributed by atoms with van der Waals surface area (Å²) < 4.78 is 11.5. The summed E-state index contributed by atoms with van der Waals surface area (Å²) in [6.07, 6.45) is 3.21. The fraction of sp³-hybridized carbons (Fsp3) is 0.458. The van der Waals surface area contributed by atoms with Crippen molar-refractivity contribution in [1.29, 1.82) is 0 Å². The molecule has 0 bridgehead atoms. The monoisotopic (exact) mass is 484 g/mol. The first-order valence-corrected chi connectivity index (χ1v) is 12.4. The fourth-order valence-electron chi connectivity index (χ4n) is 4.76. The molecule has 3 heterocycles. The lowest BCUT2D eigenvalue weighted by molar-refractivity contribution is -0.143. The zero-order valence-electron chi connectivity index (χ0n) is 18.9. The maximum atomic E-state index is 12.9. The van der Waals surface area contributed by atoms with Gasteiger partial charge in [0, 0.05) is 31.1 Å². The number of piperazine rings is 1. The molecule has 9 nitrogen and oxygen atoms in total. The third-order valence-electron chi connectivity index (χ3n) is 6.51. The van der Waals surface area contributed by atoms with E-state index in [-0.39, 0.29) is 25.0 Å². The molecule has 3 N–H and O–H groups in total. The number of nitrogens with two attached hydrogens (primary N) is 1. The van der Waals surface area contributed by atoms with Gasteiger partial charge in [-0.25, -0.2) is 0 Å². The number of carbonyl (C=O) groups is 3. The highest BCUT2D eigenvalue weighted by Crippen LogP contribution is 2.38. The Hall–Kier alpha value is -3.11. The van der Waals surface area contributed by atoms with Crippen LogP contribution in [-0.4, -0.2) is 73.0 Å². The highest BCUT2D eigenvalue weighted by atomic mass is 32.1. The van der Waals surface area contributed by atoms with Gasteiger partial charge >= 0.3 is 0 Å². The summed E-state index contributed by atoms with van der Waals surface area (Å²) in [7, 11) is 0. The van der Waals surface area contributed by atoms with E-state index in [2.05, 4.69) is 5.32 Å². The van der Waals surface area contributed by atoms with E-state index < -0.39 is 12.0 Å². The summed E-state index contributed by atoms with van der Waals surface area (Å²) in [5.41, 5.74) is 7.10. The summed E-state index contributed by atoms with van der Waals surface area (Å²) in [6.45, 7) is 2.55. The van der Waals surface area contributed by atoms with Gasteiger partial charge in [0.2, 0.25) is 12.0 Å². The minimum Gasteiger partial charge on any atom is -0.485 e. The van der Waals surface area contributed by atoms with Crippen molar-refractivity contribution in [3.05, 3.63) is 40.3 Å². The molecule has 1 fully saturated rings. The van der Waals surface area contributed by atoms with Gasteiger partial charge in [-0.15, -0.1) is 11.3 Å². The number of ether oxygens (including phenoxy) is 2. The number of thiophene rings is 1. The molecule has 1 aliphatic carbocycles. The average Bonchev–Trinajstić information content (AvgIpc) is 3.21. The summed E-state index contributed by atoms with van der Waals surface area (Å²) >= 11 is 1.47. The Morgan fingerprint density at radius 3 is 2.56 bits per heavy atom. The van der Waals surface area contributed by atoms with Gasteiger partial charge in [0.25, 0.3) is 11.8 Å². The van der Waals surface area contributed by atoms with Crippen molar-refractivity contribution in [2.75, 3.05) is 44.6 Å². The van der Waals surface area contributed by atoms with Crippen LogP contribution in [0.5, 0.6) is 11.5 Å². The molecule has 0 spiro atoms. The molecule has 5 rings (SSSR count). The molecule has 3 aliphatic rings. The first-order valence-electron chi connectivity index (χ1n) is 11.6. The number of fused-ring (bicyclic) bond motifs is 2. The highest BCUT2D eigenvalue weighted by Gasteiger charge is 2.33. The second-order valence-electron chi connectivity index (χ2n) is 8.79. The molecule has 1 aromatic carbocycles. The Labute approximate surface area is 201 Å². The lowest BCUT2D eigenvalue weighted by atomic mass is 9.95. The number of anilines is 1. The van der Waals surface area contributed by atoms with Crippen molar-refractivity contribution in [2.45, 2.75) is 31.8 Å². The van der Waals surface area contributed by atoms with Crippen molar-refractivity contribution in [1.82, 2.24) is 9.80 Å². The number of para-hydroxylation sites is 2. The Morgan fingerprint density at radius 1 is 1.06 bits per heavy atom. The summed E-state index contributed by atoms with van der Waals surface area (Å²) in [6, 6.07) is 7.31. The van der Waals surface area contributed by atoms with Gasteiger partial charge in [-0.1, -0.05) is 12.1 Å². The lowest BCUT2D eigenvalue weighted by Gasteiger charge is -2.36. The van der Waals surface area contributed by atoms with Crippen LogP contribution < -0.4 is 20.5 Å². The van der Waals surface area contributed by atoms with Crippen LogP contribution in [0.4, 0.5) is 5.00 Å². The predicted octanol–water partition coefficient (Wildman–Crippen LogP) is 1.65. The number of nitrogens with zero attached hydrogens (tertiary/aromatic N) is 2. The summed E-state index contributed by atoms with van der Waals surface area (Å²) in [4.78, 5) is 42.6. The van der Waals surface area contributed by atoms with Gasteiger partial charge in [-0.3, -0.25) is 19.3 Å². The van der Waals surface area contributed by atoms with E-state index in [9.17, 15) is 14.4 Å². The van der Waals surface area contributed by atoms with Crippen molar-refractivity contribution in [2.24, 2.45) is 5.73 Å². The van der Waals surface area contributed by atoms with Crippen LogP contribution in [0.2, 0.25) is 0 Å². The van der Waals surface area contributed by atoms with Crippen LogP contribution in [-0.2, 0) is 22.4 Å². The van der Waals surface area contributed by atoms with Gasteiger partial charge in [-0.05, 0) is 43.4 Å². The number of benzene rings is 1. The number of rotatable bonds is 5. The molecule has 0 unspecified atom stereocenters. The normalized spacial score (nSPS) is 19.9. The lowest BCUT2D eigenvalue weighted by Crippen LogP contribution is -2.54. The third kappa shape index (κ3) is 4.60. The molecule has 1 saturated heterocycles. The summed E-state index contributed by atoms with van der Waals surface area (Å²) in [5.74, 6) is 0.454. The molecule has 1 atom stereocenters. The molecule has 0 radical (unpaired) electrons. The standard InChI is InChI=1S/C24H28N4O5S/c25-22(30)21-15-5-1-4-8-19(15)34-23(21)26-20(29)13-27-9-11-28(12-10-27)24(31)18-14-32-16-6-2-3-7-17(16)33-18/h2-3,6-7,18H,1,4-5,8-14H2,(H2,25,30)(H,26,29)/t18-/m1/s1. The van der Waals surface area contributed by atoms with Crippen molar-refractivity contribution in [3.63, 3.8) is 0 Å². The molecular weight excluding hydrogens is 456 g/mol. The van der Waals surface area contributed by atoms with Crippen LogP contribution in [0.15, 0.2) is 24.3 Å². The Balaban J connectivity index is 1.14. The van der Waals surface area contributed by atoms with E-state index in [1.165, 1.54) is 11.3 Å². The Kier molecular flexibility index (Phi) is 6.42. The molecule has 2 aliphatic heterocycles. The van der Waals surface area contributed by atoms with Crippen LogP contribution in [0.1, 0.15) is 33.6 Å². The van der Waals surface area contributed by atoms with E-state index in [0.717, 1.165) is 36.1 Å². The average molecular weight is 485 g/mol. The smallest absolute Gasteiger partial charge is 0.267 e. The molecule has 3 amide bonds. The number of hydrogen-bond acceptors (Lipinski definition) is 7. The van der Waals surface area contributed by atoms with Gasteiger partial charge in [0.05, 0.1) is 12.1 Å². The van der Waals surface area contributed by atoms with Crippen LogP contribution in [0, 0.1) is 0 Å². The predicted molar refractivity (Wildman–Crippen MR) is 127 cm³/mol. The topological polar surface area (TPSA) is 114 Å². The zero-order valence-corrected chi connectivity index (χ0v) is 19.7. The van der Waals surface area contributed by atoms with Gasteiger partial charge in [-0.2, -0.15) is 0 Å². The van der Waals surface area contributed by atoms with Gasteiger partial charge < -0.3 is 25.4 Å². The molecule has 0 saturated carbocycles. The number of primary amides is 1. The van der Waals surface area contributed by atoms with E-state index in [4.69, 9.17) is 15.2 Å². The molecule has 1 aromatic heterocycles. The van der Waals surface area contributed by atoms with Crippen LogP contribution in [0.3, 0.4) is 0 Å². The number of nitrogens with one attached hydrogen (secondary N) is 1. The second-order valence-corrected chi connectivity index (χ2v) is 9.90. The van der Waals surface area contributed by atoms with E-state index in [1.54, 1.807) is 11.0 Å². The number of hydrogen-bond donors (Lipinski definition) is 2. The van der Waals surface area contributed by atoms with Crippen molar-refractivity contribution >= 4 is 34.1 Å². The molecule has 34 heavy (non-hydrogen) atoms. The Bertz CT molecular complexity index is 1110. The van der Waals surface area contributed by atoms with Crippen molar-refractivity contribution in [3.8, 4) is 11.5 Å². The molecule has 10 heteroatoms. The maximum Gasteiger partial charge on any atom is 0.267 e. The highest BCUT2D eigenvalue weighted by molar-refractivity contribution is 7.17. The van der Waals surface area contributed by atoms with Crippen LogP contribution >= 0.6 is 11.3 Å². The van der Waals surface area contributed by atoms with Gasteiger partial charge in [0.1, 0.15) is 11.6 Å². The first kappa shape index (κ1) is 22.7. The van der Waals surface area contributed by atoms with Crippen LogP contribution in [0.25, 0.3) is 0 Å². The minimum atomic E-state index is -0.665. The van der Waals surface area contributed by atoms with E-state index >= 15 is 0 Å². The van der Waals surface area contributed by atoms with Crippen molar-refractivity contribution < 1.29 is 23.9 Å². The largest absolute Gasteiger partial charge is 0.485 e. The van der Waals surface area contributed by atoms with E-state index in [0.29, 0.717) is 48.2 Å². The third-order valence-corrected chi connectivity index (χ3v) is 7.71. The maximum absolute atomic E-state index is 12.9. The van der Waals surface area contributed by atoms with Gasteiger partial charge in [0.15, 0.2) is 11.5 Å². The number of amides is 3. The fourth-order valence-corrected chi connectivity index (χ4v) is 6.07. The molecule has 180 valence electrons. The Morgan fingerprint density at radius 2 is 1.79 bits per heavy atom. The number of carbonyl (C=O) groups excluding carboxylic acids is 3. The molecular formula is C24H28N4O5S. The quantitative estimate of drug-likeness (QED) is 0.667. The number of aryl methyl sites for hydroxylation is 1. The first-order chi connectivity index (χ1) is 16.5. The van der Waals surface area contributed by atoms with E-state index in [1.807, 2.05) is 23.1 Å².